The van der Waals surface area contributed by atoms with Crippen LogP contribution >= 0.6 is 11.8 Å². The molecule has 0 bridgehead atoms. The van der Waals surface area contributed by atoms with Crippen molar-refractivity contribution in [1.29, 1.82) is 0 Å². The van der Waals surface area contributed by atoms with Crippen LogP contribution in [0.15, 0.2) is 41.3 Å². The van der Waals surface area contributed by atoms with E-state index in [2.05, 4.69) is 36.4 Å². The minimum atomic E-state index is -0.101. The Hall–Kier alpha value is -0.730. The molecule has 1 nitrogen and oxygen atoms in total. The van der Waals surface area contributed by atoms with Crippen LogP contribution in [0, 0.1) is 5.92 Å². The van der Waals surface area contributed by atoms with E-state index in [4.69, 9.17) is 5.73 Å². The summed E-state index contributed by atoms with van der Waals surface area (Å²) in [5.74, 6) is 1.78. The van der Waals surface area contributed by atoms with Gasteiger partial charge in [0.2, 0.25) is 0 Å². The monoisotopic (exact) mass is 217 g/mol. The number of nitrogens with two attached hydrogens (primary N) is 1. The highest BCUT2D eigenvalue weighted by Gasteiger charge is 2.41. The Kier molecular flexibility index (Phi) is 2.15. The van der Waals surface area contributed by atoms with Crippen molar-refractivity contribution >= 4 is 11.8 Å². The maximum Gasteiger partial charge on any atom is 0.0495 e. The van der Waals surface area contributed by atoms with Gasteiger partial charge in [-0.1, -0.05) is 30.4 Å². The summed E-state index contributed by atoms with van der Waals surface area (Å²) in [4.78, 5) is 1.38. The first kappa shape index (κ1) is 9.49. The average molecular weight is 217 g/mol. The third-order valence-electron chi connectivity index (χ3n) is 3.60. The summed E-state index contributed by atoms with van der Waals surface area (Å²) in [5, 5.41) is 0. The van der Waals surface area contributed by atoms with Crippen molar-refractivity contribution in [2.45, 2.75) is 23.3 Å². The van der Waals surface area contributed by atoms with Gasteiger partial charge in [0.15, 0.2) is 0 Å². The topological polar surface area (TPSA) is 26.0 Å². The van der Waals surface area contributed by atoms with E-state index in [1.807, 2.05) is 11.8 Å². The fourth-order valence-electron chi connectivity index (χ4n) is 2.63. The van der Waals surface area contributed by atoms with E-state index in [0.29, 0.717) is 5.92 Å². The average Bonchev–Trinajstić information content (AvgIpc) is 2.29. The van der Waals surface area contributed by atoms with E-state index in [0.717, 1.165) is 18.6 Å². The van der Waals surface area contributed by atoms with E-state index in [-0.39, 0.29) is 5.54 Å². The van der Waals surface area contributed by atoms with Crippen LogP contribution in [0.5, 0.6) is 0 Å². The Balaban J connectivity index is 2.13. The number of hydrogen-bond acceptors (Lipinski definition) is 2. The zero-order chi connectivity index (χ0) is 10.3. The van der Waals surface area contributed by atoms with Gasteiger partial charge in [-0.05, 0) is 30.4 Å². The molecule has 1 heterocycles. The largest absolute Gasteiger partial charge is 0.321 e. The Morgan fingerprint density at radius 3 is 3.07 bits per heavy atom. The van der Waals surface area contributed by atoms with Gasteiger partial charge in [0.1, 0.15) is 0 Å². The van der Waals surface area contributed by atoms with Crippen molar-refractivity contribution in [2.75, 3.05) is 5.75 Å². The molecule has 0 saturated heterocycles. The van der Waals surface area contributed by atoms with Gasteiger partial charge in [0, 0.05) is 16.2 Å². The second kappa shape index (κ2) is 3.39. The molecule has 1 aromatic rings. The lowest BCUT2D eigenvalue weighted by Crippen LogP contribution is -2.48. The summed E-state index contributed by atoms with van der Waals surface area (Å²) in [6, 6.07) is 8.61. The molecule has 0 saturated carbocycles. The molecular weight excluding hydrogens is 202 g/mol. The maximum atomic E-state index is 6.61. The molecule has 3 rings (SSSR count). The smallest absolute Gasteiger partial charge is 0.0495 e. The van der Waals surface area contributed by atoms with E-state index in [1.54, 1.807) is 0 Å². The van der Waals surface area contributed by atoms with Crippen molar-refractivity contribution in [3.8, 4) is 0 Å². The molecule has 15 heavy (non-hydrogen) atoms. The molecule has 0 radical (unpaired) electrons. The normalized spacial score (nSPS) is 33.3. The van der Waals surface area contributed by atoms with E-state index < -0.39 is 0 Å². The summed E-state index contributed by atoms with van der Waals surface area (Å²) in [5.41, 5.74) is 7.87. The Morgan fingerprint density at radius 1 is 1.27 bits per heavy atom. The molecule has 2 heteroatoms. The van der Waals surface area contributed by atoms with Crippen LogP contribution in [0.25, 0.3) is 0 Å². The molecule has 1 aliphatic heterocycles. The number of benzene rings is 1. The van der Waals surface area contributed by atoms with Gasteiger partial charge in [-0.2, -0.15) is 0 Å². The standard InChI is InChI=1S/C13H15NS/c14-13-8-4-3-5-10(13)9-15-12-7-2-1-6-11(12)13/h1-4,6-7,10H,5,8-9,14H2/t10-,13+/m1/s1. The van der Waals surface area contributed by atoms with Gasteiger partial charge in [-0.25, -0.2) is 0 Å². The highest BCUT2D eigenvalue weighted by atomic mass is 32.2. The fraction of sp³-hybridized carbons (Fsp3) is 0.385. The van der Waals surface area contributed by atoms with Crippen LogP contribution in [0.4, 0.5) is 0 Å². The fourth-order valence-corrected chi connectivity index (χ4v) is 4.03. The molecule has 0 aromatic heterocycles. The number of allylic oxidation sites excluding steroid dienone is 1. The first-order valence-corrected chi connectivity index (χ1v) is 6.45. The SMILES string of the molecule is N[C@@]12CC=CC[C@@H]1CSc1ccccc12. The van der Waals surface area contributed by atoms with Crippen molar-refractivity contribution in [3.63, 3.8) is 0 Å². The molecule has 78 valence electrons. The lowest BCUT2D eigenvalue weighted by atomic mass is 9.72. The van der Waals surface area contributed by atoms with Crippen LogP contribution < -0.4 is 5.73 Å². The Bertz CT molecular complexity index is 413. The van der Waals surface area contributed by atoms with Gasteiger partial charge in [-0.3, -0.25) is 0 Å². The molecule has 2 N–H and O–H groups in total. The van der Waals surface area contributed by atoms with Crippen molar-refractivity contribution in [2.24, 2.45) is 11.7 Å². The first-order valence-electron chi connectivity index (χ1n) is 5.47. The zero-order valence-corrected chi connectivity index (χ0v) is 9.46. The predicted octanol–water partition coefficient (Wildman–Crippen LogP) is 2.91. The summed E-state index contributed by atoms with van der Waals surface area (Å²) in [6.07, 6.45) is 6.65. The van der Waals surface area contributed by atoms with Crippen LogP contribution in [0.3, 0.4) is 0 Å². The minimum absolute atomic E-state index is 0.101. The third-order valence-corrected chi connectivity index (χ3v) is 4.84. The minimum Gasteiger partial charge on any atom is -0.321 e. The lowest BCUT2D eigenvalue weighted by Gasteiger charge is -2.43. The highest BCUT2D eigenvalue weighted by Crippen LogP contribution is 2.47. The second-order valence-corrected chi connectivity index (χ2v) is 5.52. The van der Waals surface area contributed by atoms with Crippen LogP contribution in [-0.4, -0.2) is 5.75 Å². The van der Waals surface area contributed by atoms with E-state index in [1.165, 1.54) is 10.5 Å². The van der Waals surface area contributed by atoms with Crippen molar-refractivity contribution in [1.82, 2.24) is 0 Å². The van der Waals surface area contributed by atoms with Gasteiger partial charge in [0.25, 0.3) is 0 Å². The Labute approximate surface area is 94.7 Å². The molecule has 0 fully saturated rings. The molecule has 2 aliphatic rings. The number of fused-ring (bicyclic) bond motifs is 3. The van der Waals surface area contributed by atoms with E-state index >= 15 is 0 Å². The van der Waals surface area contributed by atoms with Crippen LogP contribution in [0.1, 0.15) is 18.4 Å². The van der Waals surface area contributed by atoms with Gasteiger partial charge >= 0.3 is 0 Å². The zero-order valence-electron chi connectivity index (χ0n) is 8.65. The summed E-state index contributed by atoms with van der Waals surface area (Å²) in [6.45, 7) is 0. The second-order valence-electron chi connectivity index (χ2n) is 4.46. The van der Waals surface area contributed by atoms with Gasteiger partial charge in [-0.15, -0.1) is 11.8 Å². The lowest BCUT2D eigenvalue weighted by molar-refractivity contribution is 0.282. The quantitative estimate of drug-likeness (QED) is 0.676. The molecule has 1 aliphatic carbocycles. The van der Waals surface area contributed by atoms with E-state index in [9.17, 15) is 0 Å². The Morgan fingerprint density at radius 2 is 2.13 bits per heavy atom. The third kappa shape index (κ3) is 1.35. The van der Waals surface area contributed by atoms with Gasteiger partial charge in [0.05, 0.1) is 0 Å². The van der Waals surface area contributed by atoms with Crippen molar-refractivity contribution in [3.05, 3.63) is 42.0 Å². The number of rotatable bonds is 0. The number of hydrogen-bond donors (Lipinski definition) is 1. The van der Waals surface area contributed by atoms with Crippen LogP contribution in [0.2, 0.25) is 0 Å². The predicted molar refractivity (Wildman–Crippen MR) is 64.9 cm³/mol. The summed E-state index contributed by atoms with van der Waals surface area (Å²) in [7, 11) is 0. The van der Waals surface area contributed by atoms with Crippen molar-refractivity contribution < 1.29 is 0 Å². The molecule has 0 spiro atoms. The van der Waals surface area contributed by atoms with Gasteiger partial charge < -0.3 is 5.73 Å². The molecule has 0 unspecified atom stereocenters. The maximum absolute atomic E-state index is 6.61. The number of thioether (sulfide) groups is 1. The molecule has 1 aromatic carbocycles. The van der Waals surface area contributed by atoms with Crippen LogP contribution in [-0.2, 0) is 5.54 Å². The molecule has 0 amide bonds. The molecular formula is C13H15NS. The summed E-state index contributed by atoms with van der Waals surface area (Å²) < 4.78 is 0. The summed E-state index contributed by atoms with van der Waals surface area (Å²) >= 11 is 1.96. The molecule has 2 atom stereocenters. The first-order chi connectivity index (χ1) is 7.31. The highest BCUT2D eigenvalue weighted by molar-refractivity contribution is 7.99.